The van der Waals surface area contributed by atoms with Gasteiger partial charge in [-0.3, -0.25) is 0 Å². The number of phenols is 2. The number of para-hydroxylation sites is 1. The molecule has 0 bridgehead atoms. The summed E-state index contributed by atoms with van der Waals surface area (Å²) in [7, 11) is 0. The van der Waals surface area contributed by atoms with E-state index in [1.54, 1.807) is 0 Å². The maximum Gasteiger partial charge on any atom is 0.231 e. The van der Waals surface area contributed by atoms with Crippen LogP contribution in [0.15, 0.2) is 41.3 Å². The summed E-state index contributed by atoms with van der Waals surface area (Å²) < 4.78 is 18.9. The maximum atomic E-state index is 13.4. The molecule has 3 aromatic rings. The SMILES string of the molecule is C=Cc1cc(O)cc2nc(-c3cccc(F)c3O)oc12. The second-order valence-corrected chi connectivity index (χ2v) is 4.24. The maximum absolute atomic E-state index is 13.4. The average Bonchev–Trinajstić information content (AvgIpc) is 2.84. The van der Waals surface area contributed by atoms with Gasteiger partial charge in [-0.25, -0.2) is 9.37 Å². The Bertz CT molecular complexity index is 823. The highest BCUT2D eigenvalue weighted by Crippen LogP contribution is 2.35. The molecule has 0 aliphatic rings. The fourth-order valence-electron chi connectivity index (χ4n) is 2.00. The van der Waals surface area contributed by atoms with Crippen molar-refractivity contribution in [2.45, 2.75) is 0 Å². The van der Waals surface area contributed by atoms with E-state index in [9.17, 15) is 14.6 Å². The third-order valence-electron chi connectivity index (χ3n) is 2.94. The van der Waals surface area contributed by atoms with E-state index in [1.165, 1.54) is 30.3 Å². The molecule has 1 aromatic heterocycles. The molecule has 0 radical (unpaired) electrons. The number of phenolic OH excluding ortho intramolecular Hbond substituents is 2. The van der Waals surface area contributed by atoms with Crippen LogP contribution in [0.25, 0.3) is 28.6 Å². The van der Waals surface area contributed by atoms with E-state index in [-0.39, 0.29) is 17.2 Å². The Labute approximate surface area is 113 Å². The Hall–Kier alpha value is -2.82. The van der Waals surface area contributed by atoms with Crippen LogP contribution in [0.2, 0.25) is 0 Å². The molecule has 100 valence electrons. The predicted octanol–water partition coefficient (Wildman–Crippen LogP) is 3.69. The van der Waals surface area contributed by atoms with Gasteiger partial charge in [0.1, 0.15) is 11.3 Å². The lowest BCUT2D eigenvalue weighted by molar-refractivity contribution is 0.432. The van der Waals surface area contributed by atoms with Crippen molar-refractivity contribution in [3.8, 4) is 23.0 Å². The number of rotatable bonds is 2. The summed E-state index contributed by atoms with van der Waals surface area (Å²) in [6, 6.07) is 6.99. The van der Waals surface area contributed by atoms with E-state index in [1.807, 2.05) is 0 Å². The first-order valence-electron chi connectivity index (χ1n) is 5.84. The van der Waals surface area contributed by atoms with Crippen molar-refractivity contribution < 1.29 is 19.0 Å². The minimum Gasteiger partial charge on any atom is -0.508 e. The van der Waals surface area contributed by atoms with Gasteiger partial charge in [0.25, 0.3) is 0 Å². The Balaban J connectivity index is 2.28. The highest BCUT2D eigenvalue weighted by Gasteiger charge is 2.16. The number of aromatic nitrogens is 1. The summed E-state index contributed by atoms with van der Waals surface area (Å²) in [5.41, 5.74) is 1.53. The van der Waals surface area contributed by atoms with Crippen LogP contribution >= 0.6 is 0 Å². The Morgan fingerprint density at radius 1 is 1.25 bits per heavy atom. The third-order valence-corrected chi connectivity index (χ3v) is 2.94. The Morgan fingerprint density at radius 2 is 2.05 bits per heavy atom. The van der Waals surface area contributed by atoms with Gasteiger partial charge in [0, 0.05) is 11.6 Å². The van der Waals surface area contributed by atoms with E-state index < -0.39 is 11.6 Å². The molecule has 0 atom stereocenters. The molecular formula is C15H10FNO3. The molecule has 0 spiro atoms. The van der Waals surface area contributed by atoms with E-state index >= 15 is 0 Å². The topological polar surface area (TPSA) is 66.5 Å². The van der Waals surface area contributed by atoms with Gasteiger partial charge in [-0.1, -0.05) is 18.7 Å². The Morgan fingerprint density at radius 3 is 2.80 bits per heavy atom. The molecule has 0 aliphatic heterocycles. The third kappa shape index (κ3) is 1.80. The molecule has 0 amide bonds. The van der Waals surface area contributed by atoms with Crippen LogP contribution < -0.4 is 0 Å². The highest BCUT2D eigenvalue weighted by molar-refractivity contribution is 5.86. The predicted molar refractivity (Wildman–Crippen MR) is 72.8 cm³/mol. The second-order valence-electron chi connectivity index (χ2n) is 4.24. The molecular weight excluding hydrogens is 261 g/mol. The minimum absolute atomic E-state index is 0.0238. The average molecular weight is 271 g/mol. The van der Waals surface area contributed by atoms with Gasteiger partial charge in [-0.15, -0.1) is 0 Å². The number of hydrogen-bond acceptors (Lipinski definition) is 4. The van der Waals surface area contributed by atoms with Crippen molar-refractivity contribution in [1.29, 1.82) is 0 Å². The van der Waals surface area contributed by atoms with Crippen LogP contribution in [-0.4, -0.2) is 15.2 Å². The smallest absolute Gasteiger partial charge is 0.231 e. The van der Waals surface area contributed by atoms with Crippen molar-refractivity contribution in [2.75, 3.05) is 0 Å². The zero-order valence-corrected chi connectivity index (χ0v) is 10.3. The zero-order valence-electron chi connectivity index (χ0n) is 10.3. The summed E-state index contributed by atoms with van der Waals surface area (Å²) in [6.07, 6.45) is 1.52. The molecule has 2 aromatic carbocycles. The molecule has 3 rings (SSSR count). The molecule has 4 nitrogen and oxygen atoms in total. The number of halogens is 1. The molecule has 0 fully saturated rings. The van der Waals surface area contributed by atoms with Gasteiger partial charge in [-0.05, 0) is 18.2 Å². The van der Waals surface area contributed by atoms with Crippen molar-refractivity contribution in [3.05, 3.63) is 48.3 Å². The van der Waals surface area contributed by atoms with E-state index in [2.05, 4.69) is 11.6 Å². The molecule has 0 saturated carbocycles. The van der Waals surface area contributed by atoms with Gasteiger partial charge in [0.2, 0.25) is 5.89 Å². The lowest BCUT2D eigenvalue weighted by Crippen LogP contribution is -1.82. The van der Waals surface area contributed by atoms with Gasteiger partial charge in [0.15, 0.2) is 17.1 Å². The van der Waals surface area contributed by atoms with Crippen LogP contribution in [0.1, 0.15) is 5.56 Å². The summed E-state index contributed by atoms with van der Waals surface area (Å²) >= 11 is 0. The first-order chi connectivity index (χ1) is 9.60. The Kier molecular flexibility index (Phi) is 2.68. The number of hydrogen-bond donors (Lipinski definition) is 2. The molecule has 20 heavy (non-hydrogen) atoms. The van der Waals surface area contributed by atoms with Gasteiger partial charge in [0.05, 0.1) is 5.56 Å². The van der Waals surface area contributed by atoms with Gasteiger partial charge >= 0.3 is 0 Å². The van der Waals surface area contributed by atoms with Crippen molar-refractivity contribution in [1.82, 2.24) is 4.98 Å². The first-order valence-corrected chi connectivity index (χ1v) is 5.84. The van der Waals surface area contributed by atoms with Crippen molar-refractivity contribution >= 4 is 17.2 Å². The standard InChI is InChI=1S/C15H10FNO3/c1-2-8-6-9(18)7-12-14(8)20-15(17-12)10-4-3-5-11(16)13(10)19/h2-7,18-19H,1H2. The number of aromatic hydroxyl groups is 2. The first kappa shape index (κ1) is 12.2. The van der Waals surface area contributed by atoms with Crippen LogP contribution in [0.5, 0.6) is 11.5 Å². The fourth-order valence-corrected chi connectivity index (χ4v) is 2.00. The summed E-state index contributed by atoms with van der Waals surface area (Å²) in [6.45, 7) is 3.63. The molecule has 2 N–H and O–H groups in total. The van der Waals surface area contributed by atoms with E-state index in [0.717, 1.165) is 6.07 Å². The molecule has 0 saturated heterocycles. The summed E-state index contributed by atoms with van der Waals surface area (Å²) in [5.74, 6) is -1.18. The van der Waals surface area contributed by atoms with Crippen LogP contribution in [0, 0.1) is 5.82 Å². The van der Waals surface area contributed by atoms with E-state index in [0.29, 0.717) is 16.7 Å². The summed E-state index contributed by atoms with van der Waals surface area (Å²) in [4.78, 5) is 4.15. The fraction of sp³-hybridized carbons (Fsp3) is 0. The molecule has 0 unspecified atom stereocenters. The van der Waals surface area contributed by atoms with Crippen LogP contribution in [-0.2, 0) is 0 Å². The lowest BCUT2D eigenvalue weighted by Gasteiger charge is -2.00. The zero-order chi connectivity index (χ0) is 14.3. The van der Waals surface area contributed by atoms with Crippen LogP contribution in [0.4, 0.5) is 4.39 Å². The summed E-state index contributed by atoms with van der Waals surface area (Å²) in [5, 5.41) is 19.3. The largest absolute Gasteiger partial charge is 0.508 e. The van der Waals surface area contributed by atoms with E-state index in [4.69, 9.17) is 4.42 Å². The monoisotopic (exact) mass is 271 g/mol. The molecule has 0 aliphatic carbocycles. The molecule has 1 heterocycles. The van der Waals surface area contributed by atoms with Crippen molar-refractivity contribution in [2.24, 2.45) is 0 Å². The normalized spacial score (nSPS) is 10.8. The number of nitrogens with zero attached hydrogens (tertiary/aromatic N) is 1. The van der Waals surface area contributed by atoms with Gasteiger partial charge in [-0.2, -0.15) is 0 Å². The number of oxazole rings is 1. The van der Waals surface area contributed by atoms with Crippen LogP contribution in [0.3, 0.4) is 0 Å². The second kappa shape index (κ2) is 4.38. The highest BCUT2D eigenvalue weighted by atomic mass is 19.1. The van der Waals surface area contributed by atoms with Crippen molar-refractivity contribution in [3.63, 3.8) is 0 Å². The minimum atomic E-state index is -0.753. The number of benzene rings is 2. The lowest BCUT2D eigenvalue weighted by atomic mass is 10.2. The number of fused-ring (bicyclic) bond motifs is 1. The molecule has 5 heteroatoms. The van der Waals surface area contributed by atoms with Gasteiger partial charge < -0.3 is 14.6 Å². The quantitative estimate of drug-likeness (QED) is 0.746.